The van der Waals surface area contributed by atoms with Gasteiger partial charge in [-0.1, -0.05) is 24.1 Å². The van der Waals surface area contributed by atoms with Crippen molar-refractivity contribution in [2.24, 2.45) is 0 Å². The Morgan fingerprint density at radius 2 is 1.92 bits per heavy atom. The Bertz CT molecular complexity index is 763. The van der Waals surface area contributed by atoms with Gasteiger partial charge in [0.2, 0.25) is 5.88 Å². The van der Waals surface area contributed by atoms with Crippen molar-refractivity contribution in [1.82, 2.24) is 9.88 Å². The van der Waals surface area contributed by atoms with Crippen molar-refractivity contribution in [3.05, 3.63) is 47.0 Å². The van der Waals surface area contributed by atoms with Crippen molar-refractivity contribution in [3.8, 4) is 11.6 Å². The number of ether oxygens (including phenoxy) is 1. The van der Waals surface area contributed by atoms with Crippen LogP contribution in [-0.4, -0.2) is 42.1 Å². The highest BCUT2D eigenvalue weighted by Crippen LogP contribution is 2.28. The molecule has 1 saturated heterocycles. The maximum Gasteiger partial charge on any atom is 0.221 e. The highest BCUT2D eigenvalue weighted by atomic mass is 35.5. The van der Waals surface area contributed by atoms with Crippen molar-refractivity contribution < 1.29 is 4.74 Å². The quantitative estimate of drug-likeness (QED) is 0.764. The van der Waals surface area contributed by atoms with E-state index < -0.39 is 0 Å². The van der Waals surface area contributed by atoms with E-state index in [1.54, 1.807) is 0 Å². The predicted octanol–water partition coefficient (Wildman–Crippen LogP) is 4.90. The third-order valence-electron chi connectivity index (χ3n) is 5.51. The molecule has 4 nitrogen and oxygen atoms in total. The summed E-state index contributed by atoms with van der Waals surface area (Å²) in [6.45, 7) is 6.41. The third kappa shape index (κ3) is 3.97. The van der Waals surface area contributed by atoms with Gasteiger partial charge in [-0.3, -0.25) is 4.90 Å². The molecule has 2 aromatic rings. The molecule has 1 aliphatic heterocycles. The van der Waals surface area contributed by atoms with E-state index in [0.29, 0.717) is 5.88 Å². The molecule has 0 spiro atoms. The molecule has 0 radical (unpaired) electrons. The lowest BCUT2D eigenvalue weighted by Crippen LogP contribution is -2.42. The molecule has 138 valence electrons. The fourth-order valence-corrected chi connectivity index (χ4v) is 3.84. The standard InChI is InChI=1S/C21H26ClN3O/c1-16-15-18(9-10-19(16)22)26-21-8-3-7-20(23-21)25-12-4-11-24(13-14-25)17-5-2-6-17/h3,7-10,15,17H,2,4-6,11-14H2,1H3. The summed E-state index contributed by atoms with van der Waals surface area (Å²) in [6.07, 6.45) is 5.35. The molecule has 26 heavy (non-hydrogen) atoms. The van der Waals surface area contributed by atoms with Gasteiger partial charge in [-0.2, -0.15) is 4.98 Å². The molecule has 0 atom stereocenters. The summed E-state index contributed by atoms with van der Waals surface area (Å²) in [5.74, 6) is 2.40. The molecule has 2 aliphatic rings. The number of rotatable bonds is 4. The molecule has 1 aromatic heterocycles. The number of benzene rings is 1. The normalized spacial score (nSPS) is 19.1. The van der Waals surface area contributed by atoms with Gasteiger partial charge < -0.3 is 9.64 Å². The minimum Gasteiger partial charge on any atom is -0.439 e. The van der Waals surface area contributed by atoms with Crippen LogP contribution in [0.4, 0.5) is 5.82 Å². The zero-order chi connectivity index (χ0) is 17.9. The minimum atomic E-state index is 0.629. The second-order valence-electron chi connectivity index (χ2n) is 7.31. The number of hydrogen-bond acceptors (Lipinski definition) is 4. The van der Waals surface area contributed by atoms with E-state index >= 15 is 0 Å². The lowest BCUT2D eigenvalue weighted by molar-refractivity contribution is 0.136. The summed E-state index contributed by atoms with van der Waals surface area (Å²) >= 11 is 6.09. The molecule has 1 aliphatic carbocycles. The van der Waals surface area contributed by atoms with Gasteiger partial charge in [0.25, 0.3) is 0 Å². The molecule has 2 heterocycles. The van der Waals surface area contributed by atoms with Crippen LogP contribution in [0, 0.1) is 6.92 Å². The maximum absolute atomic E-state index is 6.09. The van der Waals surface area contributed by atoms with E-state index in [1.165, 1.54) is 32.2 Å². The van der Waals surface area contributed by atoms with Crippen LogP contribution in [-0.2, 0) is 0 Å². The monoisotopic (exact) mass is 371 g/mol. The highest BCUT2D eigenvalue weighted by molar-refractivity contribution is 6.31. The van der Waals surface area contributed by atoms with Gasteiger partial charge in [-0.25, -0.2) is 0 Å². The van der Waals surface area contributed by atoms with Crippen LogP contribution in [0.5, 0.6) is 11.6 Å². The molecule has 0 amide bonds. The van der Waals surface area contributed by atoms with E-state index in [9.17, 15) is 0 Å². The molecule has 4 rings (SSSR count). The zero-order valence-electron chi connectivity index (χ0n) is 15.3. The summed E-state index contributed by atoms with van der Waals surface area (Å²) < 4.78 is 5.96. The Hall–Kier alpha value is -1.78. The van der Waals surface area contributed by atoms with Crippen molar-refractivity contribution in [1.29, 1.82) is 0 Å². The van der Waals surface area contributed by atoms with Gasteiger partial charge in [-0.15, -0.1) is 0 Å². The summed E-state index contributed by atoms with van der Waals surface area (Å²) in [5.41, 5.74) is 1.00. The van der Waals surface area contributed by atoms with Crippen molar-refractivity contribution >= 4 is 17.4 Å². The number of pyridine rings is 1. The van der Waals surface area contributed by atoms with Crippen LogP contribution in [0.2, 0.25) is 5.02 Å². The van der Waals surface area contributed by atoms with Crippen LogP contribution in [0.15, 0.2) is 36.4 Å². The van der Waals surface area contributed by atoms with Crippen LogP contribution in [0.25, 0.3) is 0 Å². The fourth-order valence-electron chi connectivity index (χ4n) is 3.72. The Balaban J connectivity index is 1.44. The average Bonchev–Trinajstić information content (AvgIpc) is 2.83. The Kier molecular flexibility index (Phi) is 5.32. The second-order valence-corrected chi connectivity index (χ2v) is 7.72. The summed E-state index contributed by atoms with van der Waals surface area (Å²) in [7, 11) is 0. The minimum absolute atomic E-state index is 0.629. The molecule has 0 N–H and O–H groups in total. The first kappa shape index (κ1) is 17.6. The molecule has 0 unspecified atom stereocenters. The predicted molar refractivity (Wildman–Crippen MR) is 107 cm³/mol. The summed E-state index contributed by atoms with van der Waals surface area (Å²) in [6, 6.07) is 12.5. The Labute approximate surface area is 160 Å². The molecule has 1 aromatic carbocycles. The zero-order valence-corrected chi connectivity index (χ0v) is 16.1. The maximum atomic E-state index is 6.09. The first-order valence-corrected chi connectivity index (χ1v) is 9.97. The Morgan fingerprint density at radius 3 is 2.69 bits per heavy atom. The average molecular weight is 372 g/mol. The number of nitrogens with zero attached hydrogens (tertiary/aromatic N) is 3. The van der Waals surface area contributed by atoms with E-state index in [1.807, 2.05) is 37.3 Å². The lowest BCUT2D eigenvalue weighted by atomic mass is 9.91. The highest BCUT2D eigenvalue weighted by Gasteiger charge is 2.26. The van der Waals surface area contributed by atoms with Gasteiger partial charge in [-0.05, 0) is 56.0 Å². The van der Waals surface area contributed by atoms with E-state index in [4.69, 9.17) is 21.3 Å². The van der Waals surface area contributed by atoms with Gasteiger partial charge in [0.1, 0.15) is 11.6 Å². The van der Waals surface area contributed by atoms with Crippen LogP contribution in [0.1, 0.15) is 31.2 Å². The third-order valence-corrected chi connectivity index (χ3v) is 5.93. The molecule has 5 heteroatoms. The van der Waals surface area contributed by atoms with E-state index in [-0.39, 0.29) is 0 Å². The summed E-state index contributed by atoms with van der Waals surface area (Å²) in [5, 5.41) is 0.750. The topological polar surface area (TPSA) is 28.6 Å². The second kappa shape index (κ2) is 7.85. The number of aryl methyl sites for hydroxylation is 1. The van der Waals surface area contributed by atoms with Gasteiger partial charge in [0.15, 0.2) is 0 Å². The van der Waals surface area contributed by atoms with Crippen molar-refractivity contribution in [2.45, 2.75) is 38.6 Å². The molecular weight excluding hydrogens is 346 g/mol. The first-order chi connectivity index (χ1) is 12.7. The number of hydrogen-bond donors (Lipinski definition) is 0. The number of halogens is 1. The molecule has 2 fully saturated rings. The lowest BCUT2D eigenvalue weighted by Gasteiger charge is -2.36. The van der Waals surface area contributed by atoms with Crippen molar-refractivity contribution in [3.63, 3.8) is 0 Å². The van der Waals surface area contributed by atoms with E-state index in [0.717, 1.165) is 47.8 Å². The Morgan fingerprint density at radius 1 is 1.04 bits per heavy atom. The van der Waals surface area contributed by atoms with Crippen LogP contribution in [0.3, 0.4) is 0 Å². The molecule has 1 saturated carbocycles. The SMILES string of the molecule is Cc1cc(Oc2cccc(N3CCCN(C4CCC4)CC3)n2)ccc1Cl. The van der Waals surface area contributed by atoms with E-state index in [2.05, 4.69) is 15.9 Å². The fraction of sp³-hybridized carbons (Fsp3) is 0.476. The number of anilines is 1. The molecule has 0 bridgehead atoms. The first-order valence-electron chi connectivity index (χ1n) is 9.59. The largest absolute Gasteiger partial charge is 0.439 e. The van der Waals surface area contributed by atoms with Gasteiger partial charge in [0.05, 0.1) is 0 Å². The van der Waals surface area contributed by atoms with Crippen LogP contribution >= 0.6 is 11.6 Å². The van der Waals surface area contributed by atoms with Gasteiger partial charge in [0, 0.05) is 43.3 Å². The number of aromatic nitrogens is 1. The van der Waals surface area contributed by atoms with Crippen LogP contribution < -0.4 is 9.64 Å². The van der Waals surface area contributed by atoms with Gasteiger partial charge >= 0.3 is 0 Å². The molecular formula is C21H26ClN3O. The smallest absolute Gasteiger partial charge is 0.221 e. The van der Waals surface area contributed by atoms with Crippen molar-refractivity contribution in [2.75, 3.05) is 31.1 Å². The summed E-state index contributed by atoms with van der Waals surface area (Å²) in [4.78, 5) is 9.80.